The van der Waals surface area contributed by atoms with E-state index in [9.17, 15) is 4.39 Å². The third-order valence-corrected chi connectivity index (χ3v) is 5.41. The molecular weight excluding hydrogens is 401 g/mol. The zero-order valence-corrected chi connectivity index (χ0v) is 16.9. The van der Waals surface area contributed by atoms with E-state index in [1.807, 2.05) is 84.9 Å². The molecule has 0 unspecified atom stereocenters. The van der Waals surface area contributed by atoms with Crippen LogP contribution in [0.3, 0.4) is 0 Å². The van der Waals surface area contributed by atoms with Gasteiger partial charge in [-0.05, 0) is 18.2 Å². The molecule has 5 heteroatoms. The van der Waals surface area contributed by atoms with Crippen molar-refractivity contribution in [2.75, 3.05) is 0 Å². The fraction of sp³-hybridized carbons (Fsp3) is 0. The molecule has 32 heavy (non-hydrogen) atoms. The number of halogens is 1. The zero-order chi connectivity index (χ0) is 21.5. The third-order valence-electron chi connectivity index (χ3n) is 5.41. The van der Waals surface area contributed by atoms with E-state index in [4.69, 9.17) is 19.4 Å². The van der Waals surface area contributed by atoms with Crippen LogP contribution < -0.4 is 0 Å². The van der Waals surface area contributed by atoms with Crippen molar-refractivity contribution in [1.82, 2.24) is 15.0 Å². The van der Waals surface area contributed by atoms with Crippen LogP contribution in [0.25, 0.3) is 56.1 Å². The van der Waals surface area contributed by atoms with E-state index in [0.717, 1.165) is 27.5 Å². The molecule has 0 aliphatic rings. The summed E-state index contributed by atoms with van der Waals surface area (Å²) in [7, 11) is 0. The number of aromatic nitrogens is 3. The number of benzene rings is 4. The highest BCUT2D eigenvalue weighted by atomic mass is 19.1. The molecule has 0 radical (unpaired) electrons. The van der Waals surface area contributed by atoms with Crippen LogP contribution in [0.15, 0.2) is 101 Å². The molecule has 0 amide bonds. The lowest BCUT2D eigenvalue weighted by Gasteiger charge is -2.08. The van der Waals surface area contributed by atoms with Gasteiger partial charge in [-0.15, -0.1) is 0 Å². The molecule has 2 aromatic heterocycles. The smallest absolute Gasteiger partial charge is 0.171 e. The summed E-state index contributed by atoms with van der Waals surface area (Å²) in [5, 5.41) is 1.60. The molecule has 152 valence electrons. The number of furan rings is 1. The van der Waals surface area contributed by atoms with Gasteiger partial charge in [0.1, 0.15) is 5.58 Å². The topological polar surface area (TPSA) is 51.8 Å². The molecule has 0 fully saturated rings. The van der Waals surface area contributed by atoms with Crippen LogP contribution in [0.1, 0.15) is 0 Å². The van der Waals surface area contributed by atoms with Crippen LogP contribution in [-0.4, -0.2) is 15.0 Å². The summed E-state index contributed by atoms with van der Waals surface area (Å²) in [6.45, 7) is 0. The fourth-order valence-electron chi connectivity index (χ4n) is 3.84. The average Bonchev–Trinajstić information content (AvgIpc) is 3.24. The van der Waals surface area contributed by atoms with Crippen LogP contribution in [-0.2, 0) is 0 Å². The minimum absolute atomic E-state index is 0.255. The molecule has 0 atom stereocenters. The van der Waals surface area contributed by atoms with Crippen LogP contribution >= 0.6 is 0 Å². The highest BCUT2D eigenvalue weighted by molar-refractivity contribution is 6.05. The summed E-state index contributed by atoms with van der Waals surface area (Å²) in [6, 6.07) is 30.3. The molecule has 0 spiro atoms. The number of hydrogen-bond acceptors (Lipinski definition) is 4. The summed E-state index contributed by atoms with van der Waals surface area (Å²) in [4.78, 5) is 14.2. The number of para-hydroxylation sites is 1. The molecule has 2 heterocycles. The van der Waals surface area contributed by atoms with Crippen molar-refractivity contribution in [1.29, 1.82) is 0 Å². The van der Waals surface area contributed by atoms with Gasteiger partial charge in [0.2, 0.25) is 0 Å². The van der Waals surface area contributed by atoms with Crippen molar-refractivity contribution in [2.45, 2.75) is 0 Å². The van der Waals surface area contributed by atoms with E-state index in [1.165, 1.54) is 6.07 Å². The Labute approximate surface area is 183 Å². The zero-order valence-electron chi connectivity index (χ0n) is 16.9. The van der Waals surface area contributed by atoms with Gasteiger partial charge in [0, 0.05) is 27.5 Å². The van der Waals surface area contributed by atoms with Crippen molar-refractivity contribution in [2.24, 2.45) is 0 Å². The monoisotopic (exact) mass is 417 g/mol. The van der Waals surface area contributed by atoms with Crippen molar-refractivity contribution in [3.8, 4) is 34.2 Å². The minimum Gasteiger partial charge on any atom is -0.453 e. The SMILES string of the molecule is Fc1cccc2c1oc1cc(-c3nc(-c4ccccc4)nc(-c4ccccc4)n3)ccc12. The Morgan fingerprint density at radius 2 is 1.12 bits per heavy atom. The standard InChI is InChI=1S/C27H16FN3O/c28-22-13-7-12-21-20-15-14-19(16-23(20)32-24(21)22)27-30-25(17-8-3-1-4-9-17)29-26(31-27)18-10-5-2-6-11-18/h1-16H. The quantitative estimate of drug-likeness (QED) is 0.314. The third kappa shape index (κ3) is 3.11. The molecule has 6 aromatic rings. The Morgan fingerprint density at radius 3 is 1.75 bits per heavy atom. The Balaban J connectivity index is 1.56. The highest BCUT2D eigenvalue weighted by Gasteiger charge is 2.15. The molecule has 0 saturated carbocycles. The van der Waals surface area contributed by atoms with E-state index in [1.54, 1.807) is 6.07 Å². The van der Waals surface area contributed by atoms with Gasteiger partial charge in [0.15, 0.2) is 28.9 Å². The van der Waals surface area contributed by atoms with Crippen LogP contribution in [0, 0.1) is 5.82 Å². The first-order chi connectivity index (χ1) is 15.8. The Kier molecular flexibility index (Phi) is 4.25. The molecule has 0 N–H and O–H groups in total. The fourth-order valence-corrected chi connectivity index (χ4v) is 3.84. The first-order valence-corrected chi connectivity index (χ1v) is 10.2. The molecule has 0 bridgehead atoms. The summed E-state index contributed by atoms with van der Waals surface area (Å²) >= 11 is 0. The average molecular weight is 417 g/mol. The molecule has 6 rings (SSSR count). The van der Waals surface area contributed by atoms with Gasteiger partial charge in [-0.25, -0.2) is 19.3 Å². The maximum absolute atomic E-state index is 14.2. The van der Waals surface area contributed by atoms with Gasteiger partial charge in [-0.3, -0.25) is 0 Å². The number of fused-ring (bicyclic) bond motifs is 3. The predicted molar refractivity (Wildman–Crippen MR) is 123 cm³/mol. The summed E-state index contributed by atoms with van der Waals surface area (Å²) < 4.78 is 20.0. The minimum atomic E-state index is -0.377. The Bertz CT molecular complexity index is 1520. The van der Waals surface area contributed by atoms with Crippen molar-refractivity contribution >= 4 is 21.9 Å². The lowest BCUT2D eigenvalue weighted by molar-refractivity contribution is 0.584. The second-order valence-corrected chi connectivity index (χ2v) is 7.47. The van der Waals surface area contributed by atoms with Crippen molar-refractivity contribution < 1.29 is 8.81 Å². The van der Waals surface area contributed by atoms with Gasteiger partial charge in [0.25, 0.3) is 0 Å². The van der Waals surface area contributed by atoms with E-state index in [0.29, 0.717) is 23.1 Å². The van der Waals surface area contributed by atoms with Crippen molar-refractivity contribution in [3.63, 3.8) is 0 Å². The Hall–Kier alpha value is -4.38. The summed E-state index contributed by atoms with van der Waals surface area (Å²) in [6.07, 6.45) is 0. The lowest BCUT2D eigenvalue weighted by atomic mass is 10.1. The summed E-state index contributed by atoms with van der Waals surface area (Å²) in [5.74, 6) is 1.33. The second kappa shape index (κ2) is 7.39. The summed E-state index contributed by atoms with van der Waals surface area (Å²) in [5.41, 5.74) is 3.42. The molecule has 0 saturated heterocycles. The first-order valence-electron chi connectivity index (χ1n) is 10.2. The first kappa shape index (κ1) is 18.4. The van der Waals surface area contributed by atoms with E-state index < -0.39 is 0 Å². The molecule has 4 nitrogen and oxygen atoms in total. The highest BCUT2D eigenvalue weighted by Crippen LogP contribution is 2.33. The number of hydrogen-bond donors (Lipinski definition) is 0. The van der Waals surface area contributed by atoms with Crippen LogP contribution in [0.2, 0.25) is 0 Å². The van der Waals surface area contributed by atoms with Crippen molar-refractivity contribution in [3.05, 3.63) is 103 Å². The lowest BCUT2D eigenvalue weighted by Crippen LogP contribution is -2.00. The molecule has 4 aromatic carbocycles. The van der Waals surface area contributed by atoms with Gasteiger partial charge in [-0.1, -0.05) is 78.9 Å². The van der Waals surface area contributed by atoms with Gasteiger partial charge >= 0.3 is 0 Å². The molecule has 0 aliphatic carbocycles. The maximum atomic E-state index is 14.2. The number of rotatable bonds is 3. The largest absolute Gasteiger partial charge is 0.453 e. The second-order valence-electron chi connectivity index (χ2n) is 7.47. The molecule has 0 aliphatic heterocycles. The van der Waals surface area contributed by atoms with Crippen LogP contribution in [0.4, 0.5) is 4.39 Å². The van der Waals surface area contributed by atoms with Gasteiger partial charge in [-0.2, -0.15) is 0 Å². The van der Waals surface area contributed by atoms with Gasteiger partial charge < -0.3 is 4.42 Å². The van der Waals surface area contributed by atoms with E-state index in [-0.39, 0.29) is 11.4 Å². The normalized spacial score (nSPS) is 11.3. The Morgan fingerprint density at radius 1 is 0.531 bits per heavy atom. The maximum Gasteiger partial charge on any atom is 0.171 e. The van der Waals surface area contributed by atoms with Crippen LogP contribution in [0.5, 0.6) is 0 Å². The molecular formula is C27H16FN3O. The van der Waals surface area contributed by atoms with Gasteiger partial charge in [0.05, 0.1) is 0 Å². The number of nitrogens with zero attached hydrogens (tertiary/aromatic N) is 3. The van der Waals surface area contributed by atoms with E-state index >= 15 is 0 Å². The predicted octanol–water partition coefficient (Wildman–Crippen LogP) is 6.91. The van der Waals surface area contributed by atoms with E-state index in [2.05, 4.69) is 0 Å².